The average Bonchev–Trinajstić information content (AvgIpc) is 3.45. The van der Waals surface area contributed by atoms with Gasteiger partial charge in [-0.25, -0.2) is 0 Å². The summed E-state index contributed by atoms with van der Waals surface area (Å²) in [6.45, 7) is 4.13. The number of hydrogen-bond acceptors (Lipinski definition) is 4. The quantitative estimate of drug-likeness (QED) is 0.670. The molecule has 0 unspecified atom stereocenters. The Bertz CT molecular complexity index is 595. The SMILES string of the molecule is O=C(CNC1CC1)Nc1cccc(C(=O)NCCN2CCCCC2)c1. The van der Waals surface area contributed by atoms with Crippen molar-refractivity contribution in [3.8, 4) is 0 Å². The summed E-state index contributed by atoms with van der Waals surface area (Å²) in [5.74, 6) is -0.168. The summed E-state index contributed by atoms with van der Waals surface area (Å²) in [5.41, 5.74) is 1.23. The van der Waals surface area contributed by atoms with E-state index in [1.165, 1.54) is 19.3 Å². The molecule has 3 rings (SSSR count). The van der Waals surface area contributed by atoms with Gasteiger partial charge in [0.25, 0.3) is 5.91 Å². The smallest absolute Gasteiger partial charge is 0.251 e. The van der Waals surface area contributed by atoms with Gasteiger partial charge in [0.1, 0.15) is 0 Å². The number of anilines is 1. The minimum Gasteiger partial charge on any atom is -0.351 e. The molecule has 1 saturated carbocycles. The monoisotopic (exact) mass is 344 g/mol. The zero-order valence-corrected chi connectivity index (χ0v) is 14.7. The molecule has 2 aliphatic rings. The highest BCUT2D eigenvalue weighted by Crippen LogP contribution is 2.18. The normalized spacial score (nSPS) is 17.9. The highest BCUT2D eigenvalue weighted by atomic mass is 16.2. The molecule has 6 nitrogen and oxygen atoms in total. The molecular formula is C19H28N4O2. The Kier molecular flexibility index (Phi) is 6.42. The fourth-order valence-electron chi connectivity index (χ4n) is 3.08. The van der Waals surface area contributed by atoms with Crippen LogP contribution < -0.4 is 16.0 Å². The second-order valence-corrected chi connectivity index (χ2v) is 6.94. The number of nitrogens with zero attached hydrogens (tertiary/aromatic N) is 1. The van der Waals surface area contributed by atoms with Crippen LogP contribution in [0.5, 0.6) is 0 Å². The standard InChI is InChI=1S/C19H28N4O2/c24-18(14-21-16-7-8-16)22-17-6-4-5-15(13-17)19(25)20-9-12-23-10-2-1-3-11-23/h4-6,13,16,21H,1-3,7-12,14H2,(H,20,25)(H,22,24). The number of hydrogen-bond donors (Lipinski definition) is 3. The molecule has 1 saturated heterocycles. The van der Waals surface area contributed by atoms with Crippen molar-refractivity contribution in [3.63, 3.8) is 0 Å². The Hall–Kier alpha value is -1.92. The molecular weight excluding hydrogens is 316 g/mol. The maximum atomic E-state index is 12.3. The first kappa shape index (κ1) is 17.9. The van der Waals surface area contributed by atoms with Crippen molar-refractivity contribution in [2.45, 2.75) is 38.1 Å². The summed E-state index contributed by atoms with van der Waals surface area (Å²) in [6.07, 6.45) is 6.13. The van der Waals surface area contributed by atoms with Crippen molar-refractivity contribution < 1.29 is 9.59 Å². The molecule has 0 radical (unpaired) electrons. The third kappa shape index (κ3) is 6.14. The highest BCUT2D eigenvalue weighted by Gasteiger charge is 2.21. The molecule has 1 heterocycles. The van der Waals surface area contributed by atoms with Crippen molar-refractivity contribution in [3.05, 3.63) is 29.8 Å². The Labute approximate surface area is 149 Å². The topological polar surface area (TPSA) is 73.5 Å². The Morgan fingerprint density at radius 2 is 1.92 bits per heavy atom. The van der Waals surface area contributed by atoms with Gasteiger partial charge in [-0.1, -0.05) is 12.5 Å². The highest BCUT2D eigenvalue weighted by molar-refractivity contribution is 5.97. The number of benzene rings is 1. The van der Waals surface area contributed by atoms with Gasteiger partial charge in [0.2, 0.25) is 5.91 Å². The molecule has 0 aromatic heterocycles. The second-order valence-electron chi connectivity index (χ2n) is 6.94. The summed E-state index contributed by atoms with van der Waals surface area (Å²) < 4.78 is 0. The maximum Gasteiger partial charge on any atom is 0.251 e. The summed E-state index contributed by atoms with van der Waals surface area (Å²) >= 11 is 0. The fourth-order valence-corrected chi connectivity index (χ4v) is 3.08. The third-order valence-corrected chi connectivity index (χ3v) is 4.70. The largest absolute Gasteiger partial charge is 0.351 e. The van der Waals surface area contributed by atoms with Gasteiger partial charge in [-0.05, 0) is 57.0 Å². The van der Waals surface area contributed by atoms with E-state index in [0.717, 1.165) is 32.5 Å². The minimum atomic E-state index is -0.0933. The van der Waals surface area contributed by atoms with E-state index in [1.54, 1.807) is 24.3 Å². The second kappa shape index (κ2) is 8.97. The Morgan fingerprint density at radius 3 is 2.68 bits per heavy atom. The van der Waals surface area contributed by atoms with Crippen LogP contribution >= 0.6 is 0 Å². The summed E-state index contributed by atoms with van der Waals surface area (Å²) in [5, 5.41) is 8.98. The van der Waals surface area contributed by atoms with Crippen LogP contribution in [0.2, 0.25) is 0 Å². The molecule has 25 heavy (non-hydrogen) atoms. The zero-order valence-electron chi connectivity index (χ0n) is 14.7. The van der Waals surface area contributed by atoms with Crippen molar-refractivity contribution in [2.75, 3.05) is 38.0 Å². The van der Waals surface area contributed by atoms with E-state index in [9.17, 15) is 9.59 Å². The molecule has 0 atom stereocenters. The summed E-state index contributed by atoms with van der Waals surface area (Å²) in [7, 11) is 0. The number of rotatable bonds is 8. The van der Waals surface area contributed by atoms with Crippen LogP contribution in [0.3, 0.4) is 0 Å². The van der Waals surface area contributed by atoms with Gasteiger partial charge < -0.3 is 20.9 Å². The maximum absolute atomic E-state index is 12.3. The van der Waals surface area contributed by atoms with Crippen LogP contribution in [0.15, 0.2) is 24.3 Å². The lowest BCUT2D eigenvalue weighted by Gasteiger charge is -2.26. The van der Waals surface area contributed by atoms with E-state index in [-0.39, 0.29) is 11.8 Å². The first-order valence-electron chi connectivity index (χ1n) is 9.34. The van der Waals surface area contributed by atoms with E-state index in [0.29, 0.717) is 30.4 Å². The van der Waals surface area contributed by atoms with Crippen LogP contribution in [-0.2, 0) is 4.79 Å². The average molecular weight is 344 g/mol. The van der Waals surface area contributed by atoms with E-state index < -0.39 is 0 Å². The Morgan fingerprint density at radius 1 is 1.12 bits per heavy atom. The molecule has 0 spiro atoms. The van der Waals surface area contributed by atoms with Crippen LogP contribution in [0.4, 0.5) is 5.69 Å². The summed E-state index contributed by atoms with van der Waals surface area (Å²) in [4.78, 5) is 26.6. The third-order valence-electron chi connectivity index (χ3n) is 4.70. The van der Waals surface area contributed by atoms with Gasteiger partial charge in [0.15, 0.2) is 0 Å². The van der Waals surface area contributed by atoms with Crippen molar-refractivity contribution in [2.24, 2.45) is 0 Å². The minimum absolute atomic E-state index is 0.0745. The molecule has 1 aliphatic heterocycles. The number of carbonyl (C=O) groups is 2. The van der Waals surface area contributed by atoms with Crippen LogP contribution in [0, 0.1) is 0 Å². The molecule has 1 aromatic carbocycles. The molecule has 1 aliphatic carbocycles. The number of likely N-dealkylation sites (tertiary alicyclic amines) is 1. The fraction of sp³-hybridized carbons (Fsp3) is 0.579. The van der Waals surface area contributed by atoms with Crippen molar-refractivity contribution >= 4 is 17.5 Å². The number of carbonyl (C=O) groups excluding carboxylic acids is 2. The van der Waals surface area contributed by atoms with Crippen LogP contribution in [0.25, 0.3) is 0 Å². The lowest BCUT2D eigenvalue weighted by Crippen LogP contribution is -2.37. The molecule has 136 valence electrons. The van der Waals surface area contributed by atoms with Gasteiger partial charge >= 0.3 is 0 Å². The van der Waals surface area contributed by atoms with E-state index in [1.807, 2.05) is 0 Å². The van der Waals surface area contributed by atoms with Gasteiger partial charge in [0.05, 0.1) is 6.54 Å². The summed E-state index contributed by atoms with van der Waals surface area (Å²) in [6, 6.07) is 7.60. The number of nitrogens with one attached hydrogen (secondary N) is 3. The van der Waals surface area contributed by atoms with E-state index >= 15 is 0 Å². The molecule has 2 fully saturated rings. The lowest BCUT2D eigenvalue weighted by atomic mass is 10.1. The van der Waals surface area contributed by atoms with E-state index in [2.05, 4.69) is 20.9 Å². The van der Waals surface area contributed by atoms with Crippen LogP contribution in [0.1, 0.15) is 42.5 Å². The predicted molar refractivity (Wildman–Crippen MR) is 98.7 cm³/mol. The number of amides is 2. The van der Waals surface area contributed by atoms with Crippen molar-refractivity contribution in [1.82, 2.24) is 15.5 Å². The predicted octanol–water partition coefficient (Wildman–Crippen LogP) is 1.59. The van der Waals surface area contributed by atoms with Crippen LogP contribution in [-0.4, -0.2) is 55.5 Å². The lowest BCUT2D eigenvalue weighted by molar-refractivity contribution is -0.115. The Balaban J connectivity index is 1.42. The number of piperidine rings is 1. The van der Waals surface area contributed by atoms with Crippen molar-refractivity contribution in [1.29, 1.82) is 0 Å². The van der Waals surface area contributed by atoms with Gasteiger partial charge in [-0.2, -0.15) is 0 Å². The first-order valence-corrected chi connectivity index (χ1v) is 9.34. The van der Waals surface area contributed by atoms with Gasteiger partial charge in [0, 0.05) is 30.4 Å². The zero-order chi connectivity index (χ0) is 17.5. The molecule has 2 amide bonds. The van der Waals surface area contributed by atoms with Gasteiger partial charge in [-0.3, -0.25) is 9.59 Å². The molecule has 6 heteroatoms. The molecule has 0 bridgehead atoms. The first-order chi connectivity index (χ1) is 12.2. The molecule has 1 aromatic rings. The van der Waals surface area contributed by atoms with E-state index in [4.69, 9.17) is 0 Å². The van der Waals surface area contributed by atoms with Gasteiger partial charge in [-0.15, -0.1) is 0 Å². The molecule has 3 N–H and O–H groups in total.